The van der Waals surface area contributed by atoms with Crippen LogP contribution in [-0.2, 0) is 10.0 Å². The first-order valence-electron chi connectivity index (χ1n) is 5.29. The molecule has 4 nitrogen and oxygen atoms in total. The van der Waals surface area contributed by atoms with Crippen molar-refractivity contribution in [1.29, 1.82) is 0 Å². The Hall–Kier alpha value is -1.02. The SMILES string of the molecule is Cc1nc(Cl)ccc1NS(=O)(=O)CCCC(F)(F)F. The van der Waals surface area contributed by atoms with Crippen molar-refractivity contribution in [3.63, 3.8) is 0 Å². The molecular formula is C10H12ClF3N2O2S. The Morgan fingerprint density at radius 1 is 1.37 bits per heavy atom. The highest BCUT2D eigenvalue weighted by Gasteiger charge is 2.27. The van der Waals surface area contributed by atoms with Gasteiger partial charge in [0.1, 0.15) is 5.15 Å². The van der Waals surface area contributed by atoms with Gasteiger partial charge in [0.2, 0.25) is 10.0 Å². The lowest BCUT2D eigenvalue weighted by atomic mass is 10.3. The number of nitrogens with zero attached hydrogens (tertiary/aromatic N) is 1. The van der Waals surface area contributed by atoms with E-state index in [1.54, 1.807) is 6.92 Å². The second-order valence-electron chi connectivity index (χ2n) is 3.91. The topological polar surface area (TPSA) is 59.1 Å². The van der Waals surface area contributed by atoms with Crippen LogP contribution in [0.4, 0.5) is 18.9 Å². The molecule has 0 atom stereocenters. The highest BCUT2D eigenvalue weighted by Crippen LogP contribution is 2.22. The Kier molecular flexibility index (Phi) is 5.03. The molecule has 9 heteroatoms. The molecule has 0 spiro atoms. The van der Waals surface area contributed by atoms with E-state index in [0.29, 0.717) is 5.69 Å². The number of hydrogen-bond donors (Lipinski definition) is 1. The van der Waals surface area contributed by atoms with Crippen LogP contribution in [0.15, 0.2) is 12.1 Å². The molecule has 0 unspecified atom stereocenters. The van der Waals surface area contributed by atoms with E-state index in [1.165, 1.54) is 12.1 Å². The quantitative estimate of drug-likeness (QED) is 0.849. The van der Waals surface area contributed by atoms with Crippen molar-refractivity contribution in [2.45, 2.75) is 25.9 Å². The van der Waals surface area contributed by atoms with Gasteiger partial charge in [0.15, 0.2) is 0 Å². The number of rotatable bonds is 5. The summed E-state index contributed by atoms with van der Waals surface area (Å²) >= 11 is 5.61. The summed E-state index contributed by atoms with van der Waals surface area (Å²) in [6, 6.07) is 2.80. The Bertz CT molecular complexity index is 546. The van der Waals surface area contributed by atoms with Crippen LogP contribution >= 0.6 is 11.6 Å². The minimum absolute atomic E-state index is 0.205. The fourth-order valence-corrected chi connectivity index (χ4v) is 2.69. The van der Waals surface area contributed by atoms with Crippen LogP contribution in [0.2, 0.25) is 5.15 Å². The minimum Gasteiger partial charge on any atom is -0.282 e. The van der Waals surface area contributed by atoms with Gasteiger partial charge in [-0.15, -0.1) is 0 Å². The zero-order valence-electron chi connectivity index (χ0n) is 9.96. The summed E-state index contributed by atoms with van der Waals surface area (Å²) in [5.41, 5.74) is 0.559. The number of halogens is 4. The van der Waals surface area contributed by atoms with Gasteiger partial charge in [-0.1, -0.05) is 11.6 Å². The summed E-state index contributed by atoms with van der Waals surface area (Å²) < 4.78 is 61.1. The van der Waals surface area contributed by atoms with Crippen molar-refractivity contribution < 1.29 is 21.6 Å². The third kappa shape index (κ3) is 6.11. The lowest BCUT2D eigenvalue weighted by Crippen LogP contribution is -2.19. The molecule has 1 rings (SSSR count). The maximum atomic E-state index is 11.9. The van der Waals surface area contributed by atoms with Crippen LogP contribution in [-0.4, -0.2) is 25.3 Å². The van der Waals surface area contributed by atoms with Gasteiger partial charge < -0.3 is 0 Å². The number of hydrogen-bond acceptors (Lipinski definition) is 3. The number of aromatic nitrogens is 1. The maximum Gasteiger partial charge on any atom is 0.389 e. The average molecular weight is 317 g/mol. The number of pyridine rings is 1. The fourth-order valence-electron chi connectivity index (χ4n) is 1.32. The lowest BCUT2D eigenvalue weighted by Gasteiger charge is -2.10. The predicted octanol–water partition coefficient (Wildman–Crippen LogP) is 3.13. The van der Waals surface area contributed by atoms with Gasteiger partial charge in [0, 0.05) is 6.42 Å². The second-order valence-corrected chi connectivity index (χ2v) is 6.14. The molecule has 0 saturated heterocycles. The highest BCUT2D eigenvalue weighted by atomic mass is 35.5. The maximum absolute atomic E-state index is 11.9. The van der Waals surface area contributed by atoms with Gasteiger partial charge >= 0.3 is 6.18 Å². The molecule has 1 heterocycles. The highest BCUT2D eigenvalue weighted by molar-refractivity contribution is 7.92. The van der Waals surface area contributed by atoms with E-state index in [2.05, 4.69) is 9.71 Å². The molecule has 0 aliphatic carbocycles. The van der Waals surface area contributed by atoms with E-state index in [1.807, 2.05) is 0 Å². The van der Waals surface area contributed by atoms with Crippen molar-refractivity contribution in [2.75, 3.05) is 10.5 Å². The number of sulfonamides is 1. The first kappa shape index (κ1) is 16.0. The van der Waals surface area contributed by atoms with E-state index in [-0.39, 0.29) is 10.8 Å². The molecule has 0 radical (unpaired) electrons. The van der Waals surface area contributed by atoms with Gasteiger partial charge in [-0.05, 0) is 25.5 Å². The van der Waals surface area contributed by atoms with Crippen LogP contribution < -0.4 is 4.72 Å². The molecule has 0 aromatic carbocycles. The van der Waals surface area contributed by atoms with Crippen LogP contribution in [0.3, 0.4) is 0 Å². The summed E-state index contributed by atoms with van der Waals surface area (Å²) in [7, 11) is -3.83. The monoisotopic (exact) mass is 316 g/mol. The molecule has 0 amide bonds. The number of alkyl halides is 3. The third-order valence-corrected chi connectivity index (χ3v) is 3.76. The minimum atomic E-state index is -4.35. The number of nitrogens with one attached hydrogen (secondary N) is 1. The molecule has 0 aliphatic rings. The smallest absolute Gasteiger partial charge is 0.282 e. The molecule has 0 aliphatic heterocycles. The Morgan fingerprint density at radius 2 is 2.00 bits per heavy atom. The molecule has 1 N–H and O–H groups in total. The van der Waals surface area contributed by atoms with Crippen molar-refractivity contribution >= 4 is 27.3 Å². The summed E-state index contributed by atoms with van der Waals surface area (Å²) in [6.07, 6.45) is -5.97. The summed E-state index contributed by atoms with van der Waals surface area (Å²) in [5.74, 6) is -0.603. The molecule has 0 bridgehead atoms. The molecule has 0 saturated carbocycles. The van der Waals surface area contributed by atoms with Crippen LogP contribution in [0, 0.1) is 6.92 Å². The molecule has 1 aromatic rings. The van der Waals surface area contributed by atoms with Crippen molar-refractivity contribution in [3.8, 4) is 0 Å². The first-order valence-corrected chi connectivity index (χ1v) is 7.32. The molecule has 1 aromatic heterocycles. The van der Waals surface area contributed by atoms with Crippen LogP contribution in [0.1, 0.15) is 18.5 Å². The number of aryl methyl sites for hydroxylation is 1. The molecular weight excluding hydrogens is 305 g/mol. The Balaban J connectivity index is 2.64. The van der Waals surface area contributed by atoms with Crippen molar-refractivity contribution in [1.82, 2.24) is 4.98 Å². The predicted molar refractivity (Wildman–Crippen MR) is 66.7 cm³/mol. The lowest BCUT2D eigenvalue weighted by molar-refractivity contribution is -0.134. The van der Waals surface area contributed by atoms with Gasteiger partial charge in [-0.2, -0.15) is 13.2 Å². The molecule has 108 valence electrons. The summed E-state index contributed by atoms with van der Waals surface area (Å²) in [6.45, 7) is 1.54. The molecule has 0 fully saturated rings. The standard InChI is InChI=1S/C10H12ClF3N2O2S/c1-7-8(3-4-9(11)15-7)16-19(17,18)6-2-5-10(12,13)14/h3-4,16H,2,5-6H2,1H3. The summed E-state index contributed by atoms with van der Waals surface area (Å²) in [4.78, 5) is 3.84. The van der Waals surface area contributed by atoms with Crippen LogP contribution in [0.5, 0.6) is 0 Å². The molecule has 19 heavy (non-hydrogen) atoms. The number of anilines is 1. The van der Waals surface area contributed by atoms with Gasteiger partial charge in [-0.3, -0.25) is 4.72 Å². The van der Waals surface area contributed by atoms with E-state index in [9.17, 15) is 21.6 Å². The summed E-state index contributed by atoms with van der Waals surface area (Å²) in [5, 5.41) is 0.206. The Labute approximate surface area is 114 Å². The largest absolute Gasteiger partial charge is 0.389 e. The first-order chi connectivity index (χ1) is 8.59. The van der Waals surface area contributed by atoms with E-state index in [0.717, 1.165) is 0 Å². The van der Waals surface area contributed by atoms with Crippen molar-refractivity contribution in [3.05, 3.63) is 23.0 Å². The normalized spacial score (nSPS) is 12.5. The van der Waals surface area contributed by atoms with E-state index in [4.69, 9.17) is 11.6 Å². The fraction of sp³-hybridized carbons (Fsp3) is 0.500. The average Bonchev–Trinajstić information content (AvgIpc) is 2.20. The zero-order chi connectivity index (χ0) is 14.7. The van der Waals surface area contributed by atoms with E-state index >= 15 is 0 Å². The van der Waals surface area contributed by atoms with E-state index < -0.39 is 34.8 Å². The Morgan fingerprint density at radius 3 is 2.53 bits per heavy atom. The zero-order valence-corrected chi connectivity index (χ0v) is 11.5. The van der Waals surface area contributed by atoms with Gasteiger partial charge in [-0.25, -0.2) is 13.4 Å². The third-order valence-electron chi connectivity index (χ3n) is 2.19. The van der Waals surface area contributed by atoms with Gasteiger partial charge in [0.25, 0.3) is 0 Å². The van der Waals surface area contributed by atoms with Gasteiger partial charge in [0.05, 0.1) is 17.1 Å². The van der Waals surface area contributed by atoms with Crippen LogP contribution in [0.25, 0.3) is 0 Å². The second kappa shape index (κ2) is 5.96. The van der Waals surface area contributed by atoms with Crippen molar-refractivity contribution in [2.24, 2.45) is 0 Å².